The van der Waals surface area contributed by atoms with Gasteiger partial charge in [0, 0.05) is 29.6 Å². The number of unbranched alkanes of at least 4 members (excludes halogenated alkanes) is 2. The number of pyridine rings is 1. The first kappa shape index (κ1) is 18.7. The third kappa shape index (κ3) is 5.42. The fourth-order valence-corrected chi connectivity index (χ4v) is 3.89. The van der Waals surface area contributed by atoms with Crippen LogP contribution in [0.2, 0.25) is 5.02 Å². The van der Waals surface area contributed by atoms with Gasteiger partial charge >= 0.3 is 0 Å². The van der Waals surface area contributed by atoms with Crippen LogP contribution in [0.25, 0.3) is 10.9 Å². The van der Waals surface area contributed by atoms with E-state index in [0.717, 1.165) is 17.3 Å². The SMILES string of the molecule is Cl.Clc1cc(OCCCCCN2CCSC2)nc2ccccc12. The van der Waals surface area contributed by atoms with Crippen molar-refractivity contribution in [2.45, 2.75) is 19.3 Å². The summed E-state index contributed by atoms with van der Waals surface area (Å²) >= 11 is 8.30. The van der Waals surface area contributed by atoms with Crippen molar-refractivity contribution in [2.24, 2.45) is 0 Å². The minimum atomic E-state index is 0. The van der Waals surface area contributed by atoms with E-state index in [-0.39, 0.29) is 12.4 Å². The zero-order valence-electron chi connectivity index (χ0n) is 13.0. The molecule has 1 fully saturated rings. The van der Waals surface area contributed by atoms with Crippen molar-refractivity contribution in [1.82, 2.24) is 9.88 Å². The molecule has 3 rings (SSSR count). The van der Waals surface area contributed by atoms with Crippen LogP contribution in [0, 0.1) is 0 Å². The molecule has 0 N–H and O–H groups in total. The molecule has 1 aromatic carbocycles. The summed E-state index contributed by atoms with van der Waals surface area (Å²) in [5.41, 5.74) is 0.886. The standard InChI is InChI=1S/C17H21ClN2OS.ClH/c18-15-12-17(19-16-7-3-2-6-14(15)16)21-10-5-1-4-8-20-9-11-22-13-20;/h2-3,6-7,12H,1,4-5,8-11,13H2;1H. The van der Waals surface area contributed by atoms with E-state index >= 15 is 0 Å². The molecule has 0 spiro atoms. The Morgan fingerprint density at radius 3 is 2.91 bits per heavy atom. The Morgan fingerprint density at radius 1 is 1.22 bits per heavy atom. The predicted octanol–water partition coefficient (Wildman–Crippen LogP) is 4.87. The quantitative estimate of drug-likeness (QED) is 0.647. The zero-order chi connectivity index (χ0) is 15.2. The average molecular weight is 373 g/mol. The van der Waals surface area contributed by atoms with E-state index in [2.05, 4.69) is 9.88 Å². The molecule has 0 radical (unpaired) electrons. The average Bonchev–Trinajstić information content (AvgIpc) is 3.04. The van der Waals surface area contributed by atoms with Gasteiger partial charge in [-0.15, -0.1) is 24.2 Å². The second-order valence-corrected chi connectivity index (χ2v) is 7.01. The summed E-state index contributed by atoms with van der Waals surface area (Å²) in [6.45, 7) is 3.17. The van der Waals surface area contributed by atoms with Gasteiger partial charge in [-0.3, -0.25) is 4.90 Å². The van der Waals surface area contributed by atoms with E-state index in [1.807, 2.05) is 42.1 Å². The first-order valence-corrected chi connectivity index (χ1v) is 9.34. The summed E-state index contributed by atoms with van der Waals surface area (Å²) < 4.78 is 5.75. The number of hydrogen-bond acceptors (Lipinski definition) is 4. The van der Waals surface area contributed by atoms with Crippen molar-refractivity contribution in [1.29, 1.82) is 0 Å². The van der Waals surface area contributed by atoms with Crippen molar-refractivity contribution in [3.05, 3.63) is 35.4 Å². The van der Waals surface area contributed by atoms with Gasteiger partial charge in [0.2, 0.25) is 5.88 Å². The van der Waals surface area contributed by atoms with Gasteiger partial charge in [0.05, 0.1) is 17.1 Å². The van der Waals surface area contributed by atoms with Gasteiger partial charge in [-0.05, 0) is 31.9 Å². The molecule has 0 bridgehead atoms. The summed E-state index contributed by atoms with van der Waals surface area (Å²) in [4.78, 5) is 7.02. The molecular weight excluding hydrogens is 351 g/mol. The predicted molar refractivity (Wildman–Crippen MR) is 102 cm³/mol. The molecule has 126 valence electrons. The second kappa shape index (κ2) is 9.58. The molecule has 1 aromatic heterocycles. The first-order valence-electron chi connectivity index (χ1n) is 7.81. The van der Waals surface area contributed by atoms with Crippen LogP contribution in [0.4, 0.5) is 0 Å². The molecular formula is C17H22Cl2N2OS. The Balaban J connectivity index is 0.00000192. The fourth-order valence-electron chi connectivity index (χ4n) is 2.60. The normalized spacial score (nSPS) is 14.8. The van der Waals surface area contributed by atoms with Crippen LogP contribution in [0.1, 0.15) is 19.3 Å². The number of halogens is 2. The molecule has 23 heavy (non-hydrogen) atoms. The lowest BCUT2D eigenvalue weighted by Gasteiger charge is -2.13. The van der Waals surface area contributed by atoms with Crippen molar-refractivity contribution in [2.75, 3.05) is 31.3 Å². The monoisotopic (exact) mass is 372 g/mol. The third-order valence-corrected chi connectivity index (χ3v) is 5.17. The summed E-state index contributed by atoms with van der Waals surface area (Å²) in [5, 5.41) is 1.67. The van der Waals surface area contributed by atoms with E-state index in [9.17, 15) is 0 Å². The molecule has 1 aliphatic rings. The van der Waals surface area contributed by atoms with Crippen LogP contribution in [0.3, 0.4) is 0 Å². The maximum atomic E-state index is 6.27. The Labute approximate surface area is 153 Å². The largest absolute Gasteiger partial charge is 0.478 e. The fraction of sp³-hybridized carbons (Fsp3) is 0.471. The molecule has 0 saturated carbocycles. The highest BCUT2D eigenvalue weighted by molar-refractivity contribution is 7.99. The van der Waals surface area contributed by atoms with E-state index < -0.39 is 0 Å². The number of ether oxygens (including phenoxy) is 1. The number of thioether (sulfide) groups is 1. The van der Waals surface area contributed by atoms with Crippen molar-refractivity contribution < 1.29 is 4.74 Å². The zero-order valence-corrected chi connectivity index (χ0v) is 15.4. The summed E-state index contributed by atoms with van der Waals surface area (Å²) in [6, 6.07) is 9.68. The van der Waals surface area contributed by atoms with Gasteiger partial charge in [0.15, 0.2) is 0 Å². The maximum absolute atomic E-state index is 6.27. The number of fused-ring (bicyclic) bond motifs is 1. The van der Waals surface area contributed by atoms with Gasteiger partial charge in [-0.1, -0.05) is 29.8 Å². The summed E-state index contributed by atoms with van der Waals surface area (Å²) in [5.74, 6) is 3.12. The van der Waals surface area contributed by atoms with Crippen LogP contribution >= 0.6 is 35.8 Å². The third-order valence-electron chi connectivity index (χ3n) is 3.84. The lowest BCUT2D eigenvalue weighted by Crippen LogP contribution is -2.20. The summed E-state index contributed by atoms with van der Waals surface area (Å²) in [7, 11) is 0. The van der Waals surface area contributed by atoms with Gasteiger partial charge in [0.1, 0.15) is 0 Å². The van der Waals surface area contributed by atoms with Crippen LogP contribution in [-0.2, 0) is 0 Å². The van der Waals surface area contributed by atoms with E-state index in [1.165, 1.54) is 37.6 Å². The highest BCUT2D eigenvalue weighted by Crippen LogP contribution is 2.26. The molecule has 3 nitrogen and oxygen atoms in total. The smallest absolute Gasteiger partial charge is 0.215 e. The highest BCUT2D eigenvalue weighted by Gasteiger charge is 2.10. The van der Waals surface area contributed by atoms with Crippen LogP contribution in [0.5, 0.6) is 5.88 Å². The number of nitrogens with zero attached hydrogens (tertiary/aromatic N) is 2. The molecule has 0 aliphatic carbocycles. The molecule has 0 atom stereocenters. The van der Waals surface area contributed by atoms with E-state index in [1.54, 1.807) is 0 Å². The highest BCUT2D eigenvalue weighted by atomic mass is 35.5. The number of hydrogen-bond donors (Lipinski definition) is 0. The van der Waals surface area contributed by atoms with Crippen molar-refractivity contribution in [3.8, 4) is 5.88 Å². The number of rotatable bonds is 7. The lowest BCUT2D eigenvalue weighted by atomic mass is 10.2. The van der Waals surface area contributed by atoms with Gasteiger partial charge in [-0.2, -0.15) is 0 Å². The molecule has 1 aliphatic heterocycles. The number of para-hydroxylation sites is 1. The lowest BCUT2D eigenvalue weighted by molar-refractivity contribution is 0.286. The minimum absolute atomic E-state index is 0. The Kier molecular flexibility index (Phi) is 7.77. The van der Waals surface area contributed by atoms with E-state index in [4.69, 9.17) is 16.3 Å². The first-order chi connectivity index (χ1) is 10.8. The summed E-state index contributed by atoms with van der Waals surface area (Å²) in [6.07, 6.45) is 3.51. The van der Waals surface area contributed by atoms with Crippen LogP contribution in [0.15, 0.2) is 30.3 Å². The molecule has 0 unspecified atom stereocenters. The molecule has 1 saturated heterocycles. The molecule has 0 amide bonds. The van der Waals surface area contributed by atoms with Gasteiger partial charge < -0.3 is 4.74 Å². The van der Waals surface area contributed by atoms with Crippen molar-refractivity contribution in [3.63, 3.8) is 0 Å². The van der Waals surface area contributed by atoms with Crippen LogP contribution < -0.4 is 4.74 Å². The molecule has 2 aromatic rings. The van der Waals surface area contributed by atoms with Crippen molar-refractivity contribution >= 4 is 46.7 Å². The van der Waals surface area contributed by atoms with E-state index in [0.29, 0.717) is 17.5 Å². The molecule has 6 heteroatoms. The topological polar surface area (TPSA) is 25.4 Å². The van der Waals surface area contributed by atoms with Gasteiger partial charge in [-0.25, -0.2) is 4.98 Å². The minimum Gasteiger partial charge on any atom is -0.478 e. The number of benzene rings is 1. The van der Waals surface area contributed by atoms with Crippen LogP contribution in [-0.4, -0.2) is 41.2 Å². The maximum Gasteiger partial charge on any atom is 0.215 e. The Hall–Kier alpha value is -0.680. The van der Waals surface area contributed by atoms with Gasteiger partial charge in [0.25, 0.3) is 0 Å². The number of aromatic nitrogens is 1. The Bertz CT molecular complexity index is 621. The Morgan fingerprint density at radius 2 is 2.09 bits per heavy atom. The molecule has 2 heterocycles. The second-order valence-electron chi connectivity index (χ2n) is 5.52.